The molecule has 0 spiro atoms. The Kier molecular flexibility index (Phi) is 5.81. The van der Waals surface area contributed by atoms with Gasteiger partial charge in [-0.25, -0.2) is 9.67 Å². The van der Waals surface area contributed by atoms with Crippen molar-refractivity contribution < 1.29 is 4.79 Å². The summed E-state index contributed by atoms with van der Waals surface area (Å²) in [6, 6.07) is 8.52. The number of carbonyl (C=O) groups is 1. The number of hydrogen-bond acceptors (Lipinski definition) is 6. The van der Waals surface area contributed by atoms with Crippen molar-refractivity contribution in [3.63, 3.8) is 0 Å². The zero-order chi connectivity index (χ0) is 19.2. The van der Waals surface area contributed by atoms with E-state index in [0.29, 0.717) is 44.0 Å². The summed E-state index contributed by atoms with van der Waals surface area (Å²) in [6.45, 7) is 4.98. The number of anilines is 1. The summed E-state index contributed by atoms with van der Waals surface area (Å²) in [7, 11) is 0. The molecule has 3 rings (SSSR count). The summed E-state index contributed by atoms with van der Waals surface area (Å²) >= 11 is 0. The predicted octanol–water partition coefficient (Wildman–Crippen LogP) is 1.27. The van der Waals surface area contributed by atoms with Crippen LogP contribution in [0.25, 0.3) is 0 Å². The highest BCUT2D eigenvalue weighted by molar-refractivity contribution is 5.92. The molecular weight excluding hydrogens is 344 g/mol. The Morgan fingerprint density at radius 2 is 1.96 bits per heavy atom. The van der Waals surface area contributed by atoms with Gasteiger partial charge in [-0.05, 0) is 24.6 Å². The number of nitrogens with zero attached hydrogens (tertiary/aromatic N) is 6. The fourth-order valence-electron chi connectivity index (χ4n) is 2.97. The van der Waals surface area contributed by atoms with Crippen molar-refractivity contribution in [2.75, 3.05) is 31.1 Å². The molecule has 3 heterocycles. The van der Waals surface area contributed by atoms with E-state index in [1.165, 1.54) is 16.8 Å². The minimum Gasteiger partial charge on any atom is -0.353 e. The van der Waals surface area contributed by atoms with Crippen molar-refractivity contribution in [3.05, 3.63) is 52.1 Å². The van der Waals surface area contributed by atoms with Crippen molar-refractivity contribution in [3.8, 4) is 6.07 Å². The van der Waals surface area contributed by atoms with Crippen LogP contribution in [0.3, 0.4) is 0 Å². The van der Waals surface area contributed by atoms with E-state index in [9.17, 15) is 9.59 Å². The molecule has 27 heavy (non-hydrogen) atoms. The number of carbonyl (C=O) groups excluding carboxylic acids is 1. The number of piperazine rings is 1. The van der Waals surface area contributed by atoms with Crippen LogP contribution in [-0.4, -0.2) is 51.8 Å². The molecule has 0 aromatic carbocycles. The van der Waals surface area contributed by atoms with Crippen molar-refractivity contribution in [1.82, 2.24) is 19.7 Å². The molecule has 1 aliphatic rings. The monoisotopic (exact) mass is 366 g/mol. The highest BCUT2D eigenvalue weighted by atomic mass is 16.2. The first kappa shape index (κ1) is 18.6. The third kappa shape index (κ3) is 4.31. The van der Waals surface area contributed by atoms with Crippen LogP contribution in [0.2, 0.25) is 0 Å². The molecule has 0 saturated carbocycles. The van der Waals surface area contributed by atoms with Crippen LogP contribution < -0.4 is 10.5 Å². The number of nitriles is 1. The molecule has 0 radical (unpaired) electrons. The Morgan fingerprint density at radius 1 is 1.19 bits per heavy atom. The van der Waals surface area contributed by atoms with Gasteiger partial charge in [0.05, 0.1) is 5.56 Å². The van der Waals surface area contributed by atoms with Gasteiger partial charge in [-0.1, -0.05) is 13.3 Å². The summed E-state index contributed by atoms with van der Waals surface area (Å²) < 4.78 is 1.37. The summed E-state index contributed by atoms with van der Waals surface area (Å²) in [5.74, 6) is 0.639. The molecule has 1 aliphatic heterocycles. The van der Waals surface area contributed by atoms with E-state index in [1.807, 2.05) is 13.0 Å². The standard InChI is InChI=1S/C19H22N6O2/c1-2-3-8-25-18(26)7-5-16(22-25)19(27)24-11-9-23(10-12-24)17-6-4-15(13-20)14-21-17/h4-7,14H,2-3,8-12H2,1H3. The van der Waals surface area contributed by atoms with Crippen LogP contribution in [0.1, 0.15) is 35.8 Å². The number of aryl methyl sites for hydroxylation is 1. The molecule has 1 fully saturated rings. The van der Waals surface area contributed by atoms with Gasteiger partial charge < -0.3 is 9.80 Å². The van der Waals surface area contributed by atoms with Crippen LogP contribution in [0.15, 0.2) is 35.3 Å². The topological polar surface area (TPSA) is 95.1 Å². The SMILES string of the molecule is CCCCn1nc(C(=O)N2CCN(c3ccc(C#N)cn3)CC2)ccc1=O. The zero-order valence-electron chi connectivity index (χ0n) is 15.3. The highest BCUT2D eigenvalue weighted by Gasteiger charge is 2.24. The normalized spacial score (nSPS) is 14.1. The van der Waals surface area contributed by atoms with Crippen molar-refractivity contribution in [1.29, 1.82) is 5.26 Å². The first-order valence-electron chi connectivity index (χ1n) is 9.11. The minimum absolute atomic E-state index is 0.160. The predicted molar refractivity (Wildman–Crippen MR) is 100 cm³/mol. The maximum absolute atomic E-state index is 12.7. The van der Waals surface area contributed by atoms with Gasteiger partial charge in [-0.3, -0.25) is 9.59 Å². The van der Waals surface area contributed by atoms with Crippen LogP contribution >= 0.6 is 0 Å². The average molecular weight is 366 g/mol. The van der Waals surface area contributed by atoms with Crippen LogP contribution in [0.5, 0.6) is 0 Å². The van der Waals surface area contributed by atoms with Crippen LogP contribution in [0.4, 0.5) is 5.82 Å². The summed E-state index contributed by atoms with van der Waals surface area (Å²) in [5.41, 5.74) is 0.643. The lowest BCUT2D eigenvalue weighted by Gasteiger charge is -2.35. The number of rotatable bonds is 5. The van der Waals surface area contributed by atoms with Gasteiger partial charge >= 0.3 is 0 Å². The second kappa shape index (κ2) is 8.45. The lowest BCUT2D eigenvalue weighted by Crippen LogP contribution is -2.49. The lowest BCUT2D eigenvalue weighted by atomic mass is 10.2. The van der Waals surface area contributed by atoms with Crippen molar-refractivity contribution >= 4 is 11.7 Å². The second-order valence-electron chi connectivity index (χ2n) is 6.43. The van der Waals surface area contributed by atoms with E-state index in [2.05, 4.69) is 21.1 Å². The van der Waals surface area contributed by atoms with Gasteiger partial charge in [0.2, 0.25) is 0 Å². The third-order valence-electron chi connectivity index (χ3n) is 4.58. The molecule has 0 bridgehead atoms. The molecule has 0 unspecified atom stereocenters. The van der Waals surface area contributed by atoms with E-state index in [-0.39, 0.29) is 11.5 Å². The molecule has 140 valence electrons. The Bertz CT molecular complexity index is 892. The molecule has 1 saturated heterocycles. The van der Waals surface area contributed by atoms with E-state index < -0.39 is 0 Å². The second-order valence-corrected chi connectivity index (χ2v) is 6.43. The smallest absolute Gasteiger partial charge is 0.274 e. The van der Waals surface area contributed by atoms with E-state index in [4.69, 9.17) is 5.26 Å². The van der Waals surface area contributed by atoms with Crippen LogP contribution in [-0.2, 0) is 6.54 Å². The fourth-order valence-corrected chi connectivity index (χ4v) is 2.97. The lowest BCUT2D eigenvalue weighted by molar-refractivity contribution is 0.0737. The van der Waals surface area contributed by atoms with Gasteiger partial charge in [-0.15, -0.1) is 0 Å². The highest BCUT2D eigenvalue weighted by Crippen LogP contribution is 2.15. The zero-order valence-corrected chi connectivity index (χ0v) is 15.3. The number of aromatic nitrogens is 3. The van der Waals surface area contributed by atoms with Crippen LogP contribution in [0, 0.1) is 11.3 Å². The third-order valence-corrected chi connectivity index (χ3v) is 4.58. The molecule has 0 aliphatic carbocycles. The van der Waals surface area contributed by atoms with Gasteiger partial charge in [0.15, 0.2) is 0 Å². The maximum Gasteiger partial charge on any atom is 0.274 e. The number of hydrogen-bond donors (Lipinski definition) is 0. The Labute approximate surface area is 157 Å². The van der Waals surface area contributed by atoms with E-state index in [0.717, 1.165) is 18.7 Å². The average Bonchev–Trinajstić information content (AvgIpc) is 2.73. The van der Waals surface area contributed by atoms with Crippen molar-refractivity contribution in [2.24, 2.45) is 0 Å². The Morgan fingerprint density at radius 3 is 2.59 bits per heavy atom. The molecular formula is C19H22N6O2. The van der Waals surface area contributed by atoms with Crippen molar-refractivity contribution in [2.45, 2.75) is 26.3 Å². The Hall–Kier alpha value is -3.21. The molecule has 2 aromatic heterocycles. The summed E-state index contributed by atoms with van der Waals surface area (Å²) in [4.78, 5) is 32.7. The number of amides is 1. The molecule has 1 amide bonds. The first-order valence-corrected chi connectivity index (χ1v) is 9.11. The Balaban J connectivity index is 1.64. The largest absolute Gasteiger partial charge is 0.353 e. The quantitative estimate of drug-likeness (QED) is 0.791. The molecule has 8 nitrogen and oxygen atoms in total. The first-order chi connectivity index (χ1) is 13.1. The van der Waals surface area contributed by atoms with E-state index >= 15 is 0 Å². The van der Waals surface area contributed by atoms with Gasteiger partial charge in [-0.2, -0.15) is 10.4 Å². The molecule has 0 N–H and O–H groups in total. The summed E-state index contributed by atoms with van der Waals surface area (Å²) in [5, 5.41) is 13.1. The molecule has 0 atom stereocenters. The maximum atomic E-state index is 12.7. The molecule has 8 heteroatoms. The van der Waals surface area contributed by atoms with Gasteiger partial charge in [0, 0.05) is 45.0 Å². The van der Waals surface area contributed by atoms with E-state index in [1.54, 1.807) is 17.2 Å². The fraction of sp³-hybridized carbons (Fsp3) is 0.421. The molecule has 2 aromatic rings. The van der Waals surface area contributed by atoms with Gasteiger partial charge in [0.1, 0.15) is 17.6 Å². The number of unbranched alkanes of at least 4 members (excludes halogenated alkanes) is 1. The van der Waals surface area contributed by atoms with Gasteiger partial charge in [0.25, 0.3) is 11.5 Å². The minimum atomic E-state index is -0.184. The summed E-state index contributed by atoms with van der Waals surface area (Å²) in [6.07, 6.45) is 3.36. The number of pyridine rings is 1.